The molecule has 4 aromatic rings. The van der Waals surface area contributed by atoms with E-state index in [0.717, 1.165) is 23.6 Å². The van der Waals surface area contributed by atoms with Gasteiger partial charge in [0.05, 0.1) is 17.6 Å². The van der Waals surface area contributed by atoms with Crippen molar-refractivity contribution < 1.29 is 26.4 Å². The van der Waals surface area contributed by atoms with E-state index in [1.54, 1.807) is 18.1 Å². The first-order valence-electron chi connectivity index (χ1n) is 11.3. The van der Waals surface area contributed by atoms with E-state index >= 15 is 0 Å². The summed E-state index contributed by atoms with van der Waals surface area (Å²) in [6, 6.07) is 18.0. The van der Waals surface area contributed by atoms with Crippen molar-refractivity contribution in [3.63, 3.8) is 0 Å². The Morgan fingerprint density at radius 1 is 0.861 bits per heavy atom. The summed E-state index contributed by atoms with van der Waals surface area (Å²) in [5, 5.41) is -0.328. The lowest BCUT2D eigenvalue weighted by atomic mass is 10.2. The molecule has 0 radical (unpaired) electrons. The first-order valence-corrected chi connectivity index (χ1v) is 12.8. The van der Waals surface area contributed by atoms with Gasteiger partial charge in [-0.1, -0.05) is 12.1 Å². The van der Waals surface area contributed by atoms with Crippen LogP contribution in [-0.4, -0.2) is 46.7 Å². The van der Waals surface area contributed by atoms with Crippen LogP contribution in [0.25, 0.3) is 11.5 Å². The van der Waals surface area contributed by atoms with Crippen molar-refractivity contribution in [2.45, 2.75) is 9.92 Å². The molecule has 1 saturated heterocycles. The van der Waals surface area contributed by atoms with Crippen LogP contribution in [-0.2, 0) is 9.84 Å². The van der Waals surface area contributed by atoms with Crippen molar-refractivity contribution in [2.24, 2.45) is 0 Å². The third-order valence-corrected chi connectivity index (χ3v) is 7.73. The molecular weight excluding hydrogens is 488 g/mol. The number of rotatable bonds is 6. The summed E-state index contributed by atoms with van der Waals surface area (Å²) in [4.78, 5) is 8.05. The molecule has 1 aliphatic heterocycles. The zero-order valence-corrected chi connectivity index (χ0v) is 20.2. The number of hydrogen-bond acceptors (Lipinski definition) is 7. The van der Waals surface area contributed by atoms with Crippen LogP contribution >= 0.6 is 0 Å². The molecule has 0 spiro atoms. The molecule has 0 unspecified atom stereocenters. The highest BCUT2D eigenvalue weighted by atomic mass is 32.2. The maximum Gasteiger partial charge on any atom is 0.236 e. The number of sulfone groups is 1. The molecule has 7 nitrogen and oxygen atoms in total. The first kappa shape index (κ1) is 23.8. The molecule has 5 rings (SSSR count). The molecule has 2 heterocycles. The molecule has 1 aromatic heterocycles. The van der Waals surface area contributed by atoms with Crippen LogP contribution in [0, 0.1) is 11.6 Å². The Morgan fingerprint density at radius 3 is 2.14 bits per heavy atom. The smallest absolute Gasteiger partial charge is 0.236 e. The minimum Gasteiger partial charge on any atom is -0.497 e. The van der Waals surface area contributed by atoms with Crippen LogP contribution in [0.15, 0.2) is 87.1 Å². The van der Waals surface area contributed by atoms with Gasteiger partial charge < -0.3 is 19.0 Å². The molecular formula is C26H23F2N3O4S. The van der Waals surface area contributed by atoms with Gasteiger partial charge >= 0.3 is 0 Å². The number of methoxy groups -OCH3 is 1. The second-order valence-corrected chi connectivity index (χ2v) is 10.1. The molecule has 0 amide bonds. The number of hydrogen-bond donors (Lipinski definition) is 0. The van der Waals surface area contributed by atoms with Crippen molar-refractivity contribution in [1.29, 1.82) is 0 Å². The summed E-state index contributed by atoms with van der Waals surface area (Å²) in [5.74, 6) is -0.486. The van der Waals surface area contributed by atoms with Gasteiger partial charge in [0.25, 0.3) is 0 Å². The number of ether oxygens (including phenoxy) is 1. The maximum absolute atomic E-state index is 14.5. The van der Waals surface area contributed by atoms with E-state index in [-0.39, 0.29) is 27.3 Å². The minimum absolute atomic E-state index is 0.0342. The van der Waals surface area contributed by atoms with Gasteiger partial charge in [0.15, 0.2) is 0 Å². The predicted octanol–water partition coefficient (Wildman–Crippen LogP) is 4.79. The molecule has 10 heteroatoms. The lowest BCUT2D eigenvalue weighted by Gasteiger charge is -2.36. The highest BCUT2D eigenvalue weighted by Crippen LogP contribution is 2.36. The van der Waals surface area contributed by atoms with Crippen molar-refractivity contribution in [1.82, 2.24) is 4.98 Å². The summed E-state index contributed by atoms with van der Waals surface area (Å²) in [7, 11) is -2.56. The van der Waals surface area contributed by atoms with Crippen LogP contribution in [0.1, 0.15) is 0 Å². The molecule has 0 bridgehead atoms. The van der Waals surface area contributed by atoms with Crippen LogP contribution < -0.4 is 14.5 Å². The van der Waals surface area contributed by atoms with Crippen LogP contribution in [0.4, 0.5) is 20.4 Å². The van der Waals surface area contributed by atoms with Crippen LogP contribution in [0.2, 0.25) is 0 Å². The zero-order valence-electron chi connectivity index (χ0n) is 19.4. The first-order chi connectivity index (χ1) is 17.4. The standard InChI is InChI=1S/C26H23F2N3O4S/c1-34-20-10-8-19(9-11-20)30-14-16-31(17-15-30)26-25(36(32,33)21-12-6-18(27)7-13-21)29-24(35-26)22-4-2-3-5-23(22)28/h2-13H,14-17H2,1H3. The summed E-state index contributed by atoms with van der Waals surface area (Å²) in [6.07, 6.45) is 0. The quantitative estimate of drug-likeness (QED) is 0.345. The molecule has 1 fully saturated rings. The predicted molar refractivity (Wildman–Crippen MR) is 131 cm³/mol. The van der Waals surface area contributed by atoms with E-state index in [0.29, 0.717) is 26.2 Å². The maximum atomic E-state index is 14.5. The van der Waals surface area contributed by atoms with E-state index in [4.69, 9.17) is 9.15 Å². The Morgan fingerprint density at radius 2 is 1.50 bits per heavy atom. The van der Waals surface area contributed by atoms with Crippen molar-refractivity contribution >= 4 is 21.4 Å². The van der Waals surface area contributed by atoms with Crippen molar-refractivity contribution in [3.05, 3.63) is 84.4 Å². The number of nitrogens with zero attached hydrogens (tertiary/aromatic N) is 3. The van der Waals surface area contributed by atoms with Gasteiger partial charge in [-0.15, -0.1) is 0 Å². The van der Waals surface area contributed by atoms with Crippen LogP contribution in [0.5, 0.6) is 5.75 Å². The van der Waals surface area contributed by atoms with E-state index < -0.39 is 21.5 Å². The van der Waals surface area contributed by atoms with E-state index in [1.807, 2.05) is 24.3 Å². The fraction of sp³-hybridized carbons (Fsp3) is 0.192. The highest BCUT2D eigenvalue weighted by Gasteiger charge is 2.33. The molecule has 0 aliphatic carbocycles. The van der Waals surface area contributed by atoms with Crippen LogP contribution in [0.3, 0.4) is 0 Å². The second-order valence-electron chi connectivity index (χ2n) is 8.24. The van der Waals surface area contributed by atoms with Gasteiger partial charge in [0.1, 0.15) is 17.4 Å². The SMILES string of the molecule is COc1ccc(N2CCN(c3oc(-c4ccccc4F)nc3S(=O)(=O)c3ccc(F)cc3)CC2)cc1. The van der Waals surface area contributed by atoms with Crippen molar-refractivity contribution in [3.8, 4) is 17.2 Å². The van der Waals surface area contributed by atoms with Crippen molar-refractivity contribution in [2.75, 3.05) is 43.1 Å². The third-order valence-electron chi connectivity index (χ3n) is 6.07. The van der Waals surface area contributed by atoms with Gasteiger partial charge in [-0.3, -0.25) is 0 Å². The average Bonchev–Trinajstić information content (AvgIpc) is 3.36. The Kier molecular flexibility index (Phi) is 6.36. The number of anilines is 2. The number of benzene rings is 3. The minimum atomic E-state index is -4.17. The Balaban J connectivity index is 1.49. The fourth-order valence-electron chi connectivity index (χ4n) is 4.11. The van der Waals surface area contributed by atoms with Gasteiger partial charge in [0.2, 0.25) is 26.6 Å². The molecule has 0 N–H and O–H groups in total. The van der Waals surface area contributed by atoms with E-state index in [2.05, 4.69) is 9.88 Å². The Hall–Kier alpha value is -3.92. The lowest BCUT2D eigenvalue weighted by Crippen LogP contribution is -2.46. The normalized spacial score (nSPS) is 14.2. The third kappa shape index (κ3) is 4.51. The molecule has 36 heavy (non-hydrogen) atoms. The number of piperazine rings is 1. The van der Waals surface area contributed by atoms with Gasteiger partial charge in [-0.05, 0) is 60.7 Å². The van der Waals surface area contributed by atoms with E-state index in [1.165, 1.54) is 30.3 Å². The summed E-state index contributed by atoms with van der Waals surface area (Å²) in [5.41, 5.74) is 1.07. The topological polar surface area (TPSA) is 75.9 Å². The van der Waals surface area contributed by atoms with Gasteiger partial charge in [-0.2, -0.15) is 4.98 Å². The largest absolute Gasteiger partial charge is 0.497 e. The number of halogens is 2. The monoisotopic (exact) mass is 511 g/mol. The zero-order chi connectivity index (χ0) is 25.3. The summed E-state index contributed by atoms with van der Waals surface area (Å²) < 4.78 is 66.1. The Bertz CT molecular complexity index is 1460. The lowest BCUT2D eigenvalue weighted by molar-refractivity contribution is 0.415. The summed E-state index contributed by atoms with van der Waals surface area (Å²) >= 11 is 0. The molecule has 0 atom stereocenters. The van der Waals surface area contributed by atoms with Gasteiger partial charge in [-0.25, -0.2) is 17.2 Å². The van der Waals surface area contributed by atoms with E-state index in [9.17, 15) is 17.2 Å². The fourth-order valence-corrected chi connectivity index (χ4v) is 5.43. The number of oxazole rings is 1. The molecule has 0 saturated carbocycles. The molecule has 1 aliphatic rings. The molecule has 3 aromatic carbocycles. The average molecular weight is 512 g/mol. The number of aromatic nitrogens is 1. The molecule has 186 valence electrons. The highest BCUT2D eigenvalue weighted by molar-refractivity contribution is 7.91. The van der Waals surface area contributed by atoms with Gasteiger partial charge in [0, 0.05) is 31.9 Å². The Labute approximate surface area is 207 Å². The summed E-state index contributed by atoms with van der Waals surface area (Å²) in [6.45, 7) is 2.09. The second kappa shape index (κ2) is 9.62.